The molecule has 2 aromatic carbocycles. The van der Waals surface area contributed by atoms with Gasteiger partial charge in [-0.05, 0) is 36.4 Å². The first-order valence-corrected chi connectivity index (χ1v) is 5.99. The van der Waals surface area contributed by atoms with E-state index in [1.165, 1.54) is 18.2 Å². The first kappa shape index (κ1) is 14.0. The summed E-state index contributed by atoms with van der Waals surface area (Å²) < 4.78 is 0. The Morgan fingerprint density at radius 1 is 1.05 bits per heavy atom. The van der Waals surface area contributed by atoms with Crippen molar-refractivity contribution in [2.24, 2.45) is 0 Å². The monoisotopic (exact) mass is 278 g/mol. The number of nitro benzene ring substituents is 1. The highest BCUT2D eigenvalue weighted by Crippen LogP contribution is 2.33. The second-order valence-electron chi connectivity index (χ2n) is 4.29. The molecule has 0 N–H and O–H groups in total. The van der Waals surface area contributed by atoms with Gasteiger partial charge in [-0.25, -0.2) is 0 Å². The molecule has 0 saturated carbocycles. The standard InChI is InChI=1S/C15H10N4O2/c1-18(13-5-2-11(9-16)3-6-13)15-8-12(10-17)4-7-14(15)19(20)21/h2-8H,1H3. The van der Waals surface area contributed by atoms with Crippen molar-refractivity contribution in [2.45, 2.75) is 0 Å². The van der Waals surface area contributed by atoms with Crippen LogP contribution < -0.4 is 4.90 Å². The molecule has 0 aliphatic carbocycles. The fraction of sp³-hybridized carbons (Fsp3) is 0.0667. The van der Waals surface area contributed by atoms with Crippen LogP contribution in [0.2, 0.25) is 0 Å². The molecule has 0 heterocycles. The molecular weight excluding hydrogens is 268 g/mol. The van der Waals surface area contributed by atoms with Crippen LogP contribution in [0.15, 0.2) is 42.5 Å². The number of hydrogen-bond acceptors (Lipinski definition) is 5. The molecule has 0 atom stereocenters. The zero-order valence-corrected chi connectivity index (χ0v) is 11.1. The molecule has 0 spiro atoms. The van der Waals surface area contributed by atoms with Crippen molar-refractivity contribution >= 4 is 17.1 Å². The smallest absolute Gasteiger partial charge is 0.292 e. The third-order valence-electron chi connectivity index (χ3n) is 3.05. The minimum absolute atomic E-state index is 0.0825. The Kier molecular flexibility index (Phi) is 3.83. The van der Waals surface area contributed by atoms with E-state index in [-0.39, 0.29) is 5.69 Å². The van der Waals surface area contributed by atoms with E-state index in [2.05, 4.69) is 0 Å². The van der Waals surface area contributed by atoms with Crippen LogP contribution in [0.4, 0.5) is 17.1 Å². The number of anilines is 2. The Balaban J connectivity index is 2.50. The van der Waals surface area contributed by atoms with E-state index in [0.29, 0.717) is 22.5 Å². The lowest BCUT2D eigenvalue weighted by Gasteiger charge is -2.19. The minimum atomic E-state index is -0.489. The van der Waals surface area contributed by atoms with Gasteiger partial charge in [0.1, 0.15) is 5.69 Å². The number of nitrogens with zero attached hydrogens (tertiary/aromatic N) is 4. The topological polar surface area (TPSA) is 94.0 Å². The van der Waals surface area contributed by atoms with Gasteiger partial charge in [-0.15, -0.1) is 0 Å². The third kappa shape index (κ3) is 2.80. The number of nitriles is 2. The van der Waals surface area contributed by atoms with Crippen molar-refractivity contribution < 1.29 is 4.92 Å². The third-order valence-corrected chi connectivity index (χ3v) is 3.05. The average Bonchev–Trinajstić information content (AvgIpc) is 2.53. The quantitative estimate of drug-likeness (QED) is 0.635. The molecule has 0 saturated heterocycles. The fourth-order valence-electron chi connectivity index (χ4n) is 1.91. The van der Waals surface area contributed by atoms with Gasteiger partial charge in [0.25, 0.3) is 5.69 Å². The van der Waals surface area contributed by atoms with Crippen LogP contribution in [-0.4, -0.2) is 12.0 Å². The van der Waals surface area contributed by atoms with Crippen molar-refractivity contribution in [1.29, 1.82) is 10.5 Å². The number of hydrogen-bond donors (Lipinski definition) is 0. The van der Waals surface area contributed by atoms with Crippen molar-refractivity contribution in [2.75, 3.05) is 11.9 Å². The molecule has 6 heteroatoms. The Labute approximate surface area is 121 Å². The first-order valence-electron chi connectivity index (χ1n) is 5.99. The highest BCUT2D eigenvalue weighted by atomic mass is 16.6. The lowest BCUT2D eigenvalue weighted by atomic mass is 10.1. The molecular formula is C15H10N4O2. The largest absolute Gasteiger partial charge is 0.339 e. The summed E-state index contributed by atoms with van der Waals surface area (Å²) in [7, 11) is 1.67. The van der Waals surface area contributed by atoms with Crippen LogP contribution in [-0.2, 0) is 0 Å². The summed E-state index contributed by atoms with van der Waals surface area (Å²) in [6.45, 7) is 0. The van der Waals surface area contributed by atoms with Gasteiger partial charge in [0, 0.05) is 18.8 Å². The molecule has 0 aromatic heterocycles. The maximum atomic E-state index is 11.1. The van der Waals surface area contributed by atoms with Crippen LogP contribution in [0.1, 0.15) is 11.1 Å². The molecule has 2 aromatic rings. The van der Waals surface area contributed by atoms with E-state index in [1.807, 2.05) is 12.1 Å². The Morgan fingerprint density at radius 3 is 2.14 bits per heavy atom. The van der Waals surface area contributed by atoms with Gasteiger partial charge in [0.05, 0.1) is 28.2 Å². The van der Waals surface area contributed by atoms with Gasteiger partial charge in [0.2, 0.25) is 0 Å². The minimum Gasteiger partial charge on any atom is -0.339 e. The maximum absolute atomic E-state index is 11.1. The molecule has 0 aliphatic heterocycles. The van der Waals surface area contributed by atoms with Gasteiger partial charge >= 0.3 is 0 Å². The second kappa shape index (κ2) is 5.72. The van der Waals surface area contributed by atoms with E-state index in [0.717, 1.165) is 0 Å². The lowest BCUT2D eigenvalue weighted by Crippen LogP contribution is -2.11. The van der Waals surface area contributed by atoms with Gasteiger partial charge in [-0.3, -0.25) is 10.1 Å². The molecule has 102 valence electrons. The van der Waals surface area contributed by atoms with E-state index in [1.54, 1.807) is 36.2 Å². The molecule has 0 aliphatic rings. The summed E-state index contributed by atoms with van der Waals surface area (Å²) in [5, 5.41) is 28.8. The molecule has 0 unspecified atom stereocenters. The highest BCUT2D eigenvalue weighted by Gasteiger charge is 2.18. The van der Waals surface area contributed by atoms with Gasteiger partial charge in [-0.2, -0.15) is 10.5 Å². The van der Waals surface area contributed by atoms with Gasteiger partial charge in [0.15, 0.2) is 0 Å². The SMILES string of the molecule is CN(c1ccc(C#N)cc1)c1cc(C#N)ccc1[N+](=O)[O-]. The first-order chi connectivity index (χ1) is 10.1. The van der Waals surface area contributed by atoms with E-state index < -0.39 is 4.92 Å². The van der Waals surface area contributed by atoms with Crippen molar-refractivity contribution in [1.82, 2.24) is 0 Å². The Morgan fingerprint density at radius 2 is 1.62 bits per heavy atom. The molecule has 6 nitrogen and oxygen atoms in total. The molecule has 0 radical (unpaired) electrons. The van der Waals surface area contributed by atoms with Crippen LogP contribution in [0.5, 0.6) is 0 Å². The summed E-state index contributed by atoms with van der Waals surface area (Å²) in [6, 6.07) is 14.8. The number of rotatable bonds is 3. The average molecular weight is 278 g/mol. The van der Waals surface area contributed by atoms with Crippen molar-refractivity contribution in [3.05, 3.63) is 63.7 Å². The highest BCUT2D eigenvalue weighted by molar-refractivity contribution is 5.73. The zero-order chi connectivity index (χ0) is 15.4. The Bertz CT molecular complexity index is 770. The van der Waals surface area contributed by atoms with Crippen molar-refractivity contribution in [3.63, 3.8) is 0 Å². The van der Waals surface area contributed by atoms with Crippen molar-refractivity contribution in [3.8, 4) is 12.1 Å². The van der Waals surface area contributed by atoms with Crippen LogP contribution >= 0.6 is 0 Å². The predicted molar refractivity (Wildman–Crippen MR) is 77.0 cm³/mol. The number of benzene rings is 2. The van der Waals surface area contributed by atoms with Crippen LogP contribution in [0.3, 0.4) is 0 Å². The molecule has 2 rings (SSSR count). The molecule has 0 amide bonds. The van der Waals surface area contributed by atoms with Gasteiger partial charge in [-0.1, -0.05) is 0 Å². The Hall–Kier alpha value is -3.38. The molecule has 0 fully saturated rings. The predicted octanol–water partition coefficient (Wildman–Crippen LogP) is 3.11. The molecule has 21 heavy (non-hydrogen) atoms. The summed E-state index contributed by atoms with van der Waals surface area (Å²) in [5.41, 5.74) is 1.78. The van der Waals surface area contributed by atoms with Gasteiger partial charge < -0.3 is 4.90 Å². The fourth-order valence-corrected chi connectivity index (χ4v) is 1.91. The van der Waals surface area contributed by atoms with Crippen LogP contribution in [0.25, 0.3) is 0 Å². The maximum Gasteiger partial charge on any atom is 0.292 e. The van der Waals surface area contributed by atoms with E-state index in [9.17, 15) is 10.1 Å². The summed E-state index contributed by atoms with van der Waals surface area (Å²) in [5.74, 6) is 0. The zero-order valence-electron chi connectivity index (χ0n) is 11.1. The second-order valence-corrected chi connectivity index (χ2v) is 4.29. The number of nitro groups is 1. The summed E-state index contributed by atoms with van der Waals surface area (Å²) in [6.07, 6.45) is 0. The van der Waals surface area contributed by atoms with Crippen LogP contribution in [0, 0.1) is 32.8 Å². The normalized spacial score (nSPS) is 9.48. The van der Waals surface area contributed by atoms with E-state index >= 15 is 0 Å². The molecule has 0 bridgehead atoms. The van der Waals surface area contributed by atoms with E-state index in [4.69, 9.17) is 10.5 Å². The lowest BCUT2D eigenvalue weighted by molar-refractivity contribution is -0.384. The summed E-state index contributed by atoms with van der Waals surface area (Å²) in [4.78, 5) is 12.2. The summed E-state index contributed by atoms with van der Waals surface area (Å²) >= 11 is 0.